The van der Waals surface area contributed by atoms with E-state index in [-0.39, 0.29) is 5.69 Å². The first-order valence-corrected chi connectivity index (χ1v) is 8.06. The van der Waals surface area contributed by atoms with Crippen LogP contribution in [0.2, 0.25) is 0 Å². The standard InChI is InChI=1S/C16H18N2O2S/c1-11(18-7-2-3-8-18)12-5-4-6-13(9-12)15-17-14(10-21-15)16(19)20/h4-6,9-11H,2-3,7-8H2,1H3,(H,19,20). The molecule has 0 radical (unpaired) electrons. The minimum atomic E-state index is -0.973. The van der Waals surface area contributed by atoms with Crippen molar-refractivity contribution < 1.29 is 9.90 Å². The SMILES string of the molecule is CC(c1cccc(-c2nc(C(=O)O)cs2)c1)N1CCCC1. The summed E-state index contributed by atoms with van der Waals surface area (Å²) in [5.74, 6) is -0.973. The van der Waals surface area contributed by atoms with Crippen LogP contribution in [0, 0.1) is 0 Å². The van der Waals surface area contributed by atoms with E-state index in [1.165, 1.54) is 29.7 Å². The van der Waals surface area contributed by atoms with E-state index in [1.807, 2.05) is 12.1 Å². The second-order valence-electron chi connectivity index (χ2n) is 5.39. The lowest BCUT2D eigenvalue weighted by molar-refractivity contribution is 0.0691. The molecule has 3 rings (SSSR count). The number of benzene rings is 1. The Kier molecular flexibility index (Phi) is 4.03. The quantitative estimate of drug-likeness (QED) is 0.936. The third-order valence-corrected chi connectivity index (χ3v) is 4.92. The third-order valence-electron chi connectivity index (χ3n) is 4.03. The minimum Gasteiger partial charge on any atom is -0.476 e. The summed E-state index contributed by atoms with van der Waals surface area (Å²) >= 11 is 1.38. The van der Waals surface area contributed by atoms with Crippen LogP contribution in [0.4, 0.5) is 0 Å². The number of hydrogen-bond acceptors (Lipinski definition) is 4. The number of thiazole rings is 1. The summed E-state index contributed by atoms with van der Waals surface area (Å²) in [5.41, 5.74) is 2.38. The predicted molar refractivity (Wildman–Crippen MR) is 83.7 cm³/mol. The van der Waals surface area contributed by atoms with Gasteiger partial charge < -0.3 is 5.11 Å². The molecule has 2 heterocycles. The highest BCUT2D eigenvalue weighted by Crippen LogP contribution is 2.29. The second-order valence-corrected chi connectivity index (χ2v) is 6.25. The van der Waals surface area contributed by atoms with E-state index in [1.54, 1.807) is 5.38 Å². The molecular formula is C16H18N2O2S. The van der Waals surface area contributed by atoms with Gasteiger partial charge in [-0.1, -0.05) is 18.2 Å². The molecule has 1 fully saturated rings. The molecule has 0 aliphatic carbocycles. The summed E-state index contributed by atoms with van der Waals surface area (Å²) in [6.45, 7) is 4.55. The smallest absolute Gasteiger partial charge is 0.355 e. The van der Waals surface area contributed by atoms with E-state index in [0.717, 1.165) is 23.7 Å². The topological polar surface area (TPSA) is 53.4 Å². The van der Waals surface area contributed by atoms with Gasteiger partial charge in [0.1, 0.15) is 5.01 Å². The van der Waals surface area contributed by atoms with E-state index >= 15 is 0 Å². The number of rotatable bonds is 4. The molecule has 1 aliphatic heterocycles. The molecule has 1 atom stereocenters. The van der Waals surface area contributed by atoms with Gasteiger partial charge >= 0.3 is 5.97 Å². The molecule has 4 nitrogen and oxygen atoms in total. The Morgan fingerprint density at radius 1 is 1.38 bits per heavy atom. The summed E-state index contributed by atoms with van der Waals surface area (Å²) in [5, 5.41) is 11.3. The van der Waals surface area contributed by atoms with Crippen LogP contribution in [0.5, 0.6) is 0 Å². The molecule has 0 amide bonds. The van der Waals surface area contributed by atoms with Gasteiger partial charge in [0.2, 0.25) is 0 Å². The predicted octanol–water partition coefficient (Wildman–Crippen LogP) is 3.67. The maximum atomic E-state index is 10.9. The van der Waals surface area contributed by atoms with Crippen LogP contribution >= 0.6 is 11.3 Å². The van der Waals surface area contributed by atoms with Crippen LogP contribution in [-0.2, 0) is 0 Å². The lowest BCUT2D eigenvalue weighted by Crippen LogP contribution is -2.23. The normalized spacial score (nSPS) is 17.0. The van der Waals surface area contributed by atoms with Gasteiger partial charge in [-0.15, -0.1) is 11.3 Å². The Morgan fingerprint density at radius 2 is 2.14 bits per heavy atom. The lowest BCUT2D eigenvalue weighted by Gasteiger charge is -2.24. The minimum absolute atomic E-state index is 0.119. The Balaban J connectivity index is 1.86. The molecule has 1 unspecified atom stereocenters. The maximum absolute atomic E-state index is 10.9. The van der Waals surface area contributed by atoms with Crippen molar-refractivity contribution in [1.29, 1.82) is 0 Å². The number of aromatic carboxylic acids is 1. The summed E-state index contributed by atoms with van der Waals surface area (Å²) in [6, 6.07) is 8.68. The molecule has 1 aliphatic rings. The first kappa shape index (κ1) is 14.2. The van der Waals surface area contributed by atoms with Gasteiger partial charge in [-0.25, -0.2) is 9.78 Å². The number of hydrogen-bond donors (Lipinski definition) is 1. The van der Waals surface area contributed by atoms with Gasteiger partial charge in [0.25, 0.3) is 0 Å². The highest BCUT2D eigenvalue weighted by Gasteiger charge is 2.20. The molecule has 5 heteroatoms. The summed E-state index contributed by atoms with van der Waals surface area (Å²) in [4.78, 5) is 17.6. The molecule has 0 bridgehead atoms. The van der Waals surface area contributed by atoms with Crippen LogP contribution in [0.15, 0.2) is 29.6 Å². The summed E-state index contributed by atoms with van der Waals surface area (Å²) in [6.07, 6.45) is 2.55. The summed E-state index contributed by atoms with van der Waals surface area (Å²) in [7, 11) is 0. The van der Waals surface area contributed by atoms with Crippen molar-refractivity contribution in [3.8, 4) is 10.6 Å². The molecule has 110 valence electrons. The van der Waals surface area contributed by atoms with Crippen LogP contribution in [0.25, 0.3) is 10.6 Å². The van der Waals surface area contributed by atoms with Crippen molar-refractivity contribution in [1.82, 2.24) is 9.88 Å². The zero-order chi connectivity index (χ0) is 14.8. The molecule has 1 saturated heterocycles. The van der Waals surface area contributed by atoms with E-state index in [2.05, 4.69) is 28.9 Å². The van der Waals surface area contributed by atoms with Crippen LogP contribution in [0.3, 0.4) is 0 Å². The van der Waals surface area contributed by atoms with Crippen molar-refractivity contribution in [2.24, 2.45) is 0 Å². The number of carboxylic acid groups (broad SMARTS) is 1. The molecule has 2 aromatic rings. The van der Waals surface area contributed by atoms with E-state index in [9.17, 15) is 4.79 Å². The van der Waals surface area contributed by atoms with Gasteiger partial charge in [-0.2, -0.15) is 0 Å². The largest absolute Gasteiger partial charge is 0.476 e. The van der Waals surface area contributed by atoms with Crippen LogP contribution < -0.4 is 0 Å². The van der Waals surface area contributed by atoms with E-state index < -0.39 is 5.97 Å². The lowest BCUT2D eigenvalue weighted by atomic mass is 10.0. The van der Waals surface area contributed by atoms with Crippen molar-refractivity contribution in [2.45, 2.75) is 25.8 Å². The molecule has 21 heavy (non-hydrogen) atoms. The Labute approximate surface area is 128 Å². The molecule has 0 spiro atoms. The average Bonchev–Trinajstić information content (AvgIpc) is 3.18. The van der Waals surface area contributed by atoms with Crippen LogP contribution in [-0.4, -0.2) is 34.0 Å². The first-order valence-electron chi connectivity index (χ1n) is 7.18. The van der Waals surface area contributed by atoms with Crippen molar-refractivity contribution in [3.05, 3.63) is 40.9 Å². The number of carbonyl (C=O) groups is 1. The third kappa shape index (κ3) is 2.99. The Hall–Kier alpha value is -1.72. The van der Waals surface area contributed by atoms with E-state index in [4.69, 9.17) is 5.11 Å². The van der Waals surface area contributed by atoms with Gasteiger partial charge in [-0.05, 0) is 44.5 Å². The fraction of sp³-hybridized carbons (Fsp3) is 0.375. The highest BCUT2D eigenvalue weighted by atomic mass is 32.1. The number of likely N-dealkylation sites (tertiary alicyclic amines) is 1. The second kappa shape index (κ2) is 5.95. The summed E-state index contributed by atoms with van der Waals surface area (Å²) < 4.78 is 0. The van der Waals surface area contributed by atoms with Crippen molar-refractivity contribution in [3.63, 3.8) is 0 Å². The van der Waals surface area contributed by atoms with Crippen molar-refractivity contribution in [2.75, 3.05) is 13.1 Å². The van der Waals surface area contributed by atoms with E-state index in [0.29, 0.717) is 6.04 Å². The monoisotopic (exact) mass is 302 g/mol. The molecule has 1 aromatic carbocycles. The molecular weight excluding hydrogens is 284 g/mol. The van der Waals surface area contributed by atoms with Crippen molar-refractivity contribution >= 4 is 17.3 Å². The van der Waals surface area contributed by atoms with Gasteiger partial charge in [0.15, 0.2) is 5.69 Å². The Bertz CT molecular complexity index is 647. The zero-order valence-corrected chi connectivity index (χ0v) is 12.8. The fourth-order valence-corrected chi connectivity index (χ4v) is 3.57. The zero-order valence-electron chi connectivity index (χ0n) is 12.0. The van der Waals surface area contributed by atoms with Crippen LogP contribution in [0.1, 0.15) is 41.9 Å². The Morgan fingerprint density at radius 3 is 2.81 bits per heavy atom. The molecule has 0 saturated carbocycles. The van der Waals surface area contributed by atoms with Gasteiger partial charge in [-0.3, -0.25) is 4.90 Å². The number of aromatic nitrogens is 1. The number of carboxylic acids is 1. The first-order chi connectivity index (χ1) is 10.1. The maximum Gasteiger partial charge on any atom is 0.355 e. The average molecular weight is 302 g/mol. The molecule has 1 aromatic heterocycles. The molecule has 1 N–H and O–H groups in total. The van der Waals surface area contributed by atoms with Gasteiger partial charge in [0, 0.05) is 17.0 Å². The highest BCUT2D eigenvalue weighted by molar-refractivity contribution is 7.13. The van der Waals surface area contributed by atoms with Gasteiger partial charge in [0.05, 0.1) is 0 Å². The fourth-order valence-electron chi connectivity index (χ4n) is 2.78. The number of nitrogens with zero attached hydrogens (tertiary/aromatic N) is 2.